The molecule has 120 valence electrons. The van der Waals surface area contributed by atoms with Crippen LogP contribution in [0.25, 0.3) is 0 Å². The number of benzene rings is 1. The molecule has 2 N–H and O–H groups in total. The van der Waals surface area contributed by atoms with Gasteiger partial charge in [-0.05, 0) is 37.0 Å². The number of hydrogen-bond acceptors (Lipinski definition) is 3. The van der Waals surface area contributed by atoms with E-state index in [2.05, 4.69) is 5.32 Å². The number of nitrogens with one attached hydrogen (secondary N) is 1. The molecule has 1 fully saturated rings. The fourth-order valence-corrected chi connectivity index (χ4v) is 2.91. The molecule has 1 aromatic carbocycles. The third-order valence-corrected chi connectivity index (χ3v) is 4.20. The van der Waals surface area contributed by atoms with Crippen LogP contribution in [-0.4, -0.2) is 30.6 Å². The largest absolute Gasteiger partial charge is 0.496 e. The molecule has 0 saturated heterocycles. The van der Waals surface area contributed by atoms with Gasteiger partial charge in [-0.25, -0.2) is 4.79 Å². The summed E-state index contributed by atoms with van der Waals surface area (Å²) in [5.41, 5.74) is 1.10. The minimum absolute atomic E-state index is 0.140. The van der Waals surface area contributed by atoms with Crippen LogP contribution < -0.4 is 10.1 Å². The topological polar surface area (TPSA) is 75.6 Å². The Morgan fingerprint density at radius 2 is 2.00 bits per heavy atom. The number of rotatable bonds is 6. The maximum absolute atomic E-state index is 12.1. The Morgan fingerprint density at radius 3 is 2.64 bits per heavy atom. The van der Waals surface area contributed by atoms with Gasteiger partial charge >= 0.3 is 5.97 Å². The van der Waals surface area contributed by atoms with Crippen LogP contribution in [-0.2, 0) is 11.2 Å². The summed E-state index contributed by atoms with van der Waals surface area (Å²) in [4.78, 5) is 23.0. The van der Waals surface area contributed by atoms with Crippen LogP contribution in [0.1, 0.15) is 48.0 Å². The quantitative estimate of drug-likeness (QED) is 0.847. The highest BCUT2D eigenvalue weighted by Crippen LogP contribution is 2.24. The van der Waals surface area contributed by atoms with Gasteiger partial charge in [-0.3, -0.25) is 4.79 Å². The third kappa shape index (κ3) is 4.23. The number of aromatic carboxylic acids is 1. The third-order valence-electron chi connectivity index (χ3n) is 4.20. The fraction of sp³-hybridized carbons (Fsp3) is 0.529. The highest BCUT2D eigenvalue weighted by atomic mass is 16.5. The van der Waals surface area contributed by atoms with Gasteiger partial charge in [0.2, 0.25) is 5.91 Å². The SMILES string of the molecule is COc1cc(C(=O)O)ccc1CCNC(=O)C1CCCCC1. The molecule has 2 rings (SSSR count). The molecule has 1 aliphatic rings. The van der Waals surface area contributed by atoms with Crippen molar-refractivity contribution in [3.63, 3.8) is 0 Å². The van der Waals surface area contributed by atoms with E-state index in [1.165, 1.54) is 19.6 Å². The van der Waals surface area contributed by atoms with Crippen molar-refractivity contribution in [1.29, 1.82) is 0 Å². The molecule has 1 aliphatic carbocycles. The maximum atomic E-state index is 12.1. The Balaban J connectivity index is 1.88. The number of carbonyl (C=O) groups is 2. The molecule has 1 saturated carbocycles. The fourth-order valence-electron chi connectivity index (χ4n) is 2.91. The lowest BCUT2D eigenvalue weighted by Gasteiger charge is -2.20. The molecule has 0 bridgehead atoms. The molecule has 0 aromatic heterocycles. The van der Waals surface area contributed by atoms with Crippen LogP contribution >= 0.6 is 0 Å². The van der Waals surface area contributed by atoms with E-state index >= 15 is 0 Å². The van der Waals surface area contributed by atoms with Gasteiger partial charge in [0, 0.05) is 12.5 Å². The van der Waals surface area contributed by atoms with Gasteiger partial charge in [0.1, 0.15) is 5.75 Å². The van der Waals surface area contributed by atoms with E-state index in [0.29, 0.717) is 18.7 Å². The zero-order chi connectivity index (χ0) is 15.9. The molecule has 0 radical (unpaired) electrons. The number of ether oxygens (including phenoxy) is 1. The van der Waals surface area contributed by atoms with Crippen molar-refractivity contribution in [3.05, 3.63) is 29.3 Å². The van der Waals surface area contributed by atoms with Crippen LogP contribution in [0.3, 0.4) is 0 Å². The van der Waals surface area contributed by atoms with Gasteiger partial charge in [-0.1, -0.05) is 25.3 Å². The normalized spacial score (nSPS) is 15.3. The second kappa shape index (κ2) is 7.82. The number of hydrogen-bond donors (Lipinski definition) is 2. The highest BCUT2D eigenvalue weighted by Gasteiger charge is 2.20. The first-order valence-electron chi connectivity index (χ1n) is 7.79. The zero-order valence-electron chi connectivity index (χ0n) is 12.9. The van der Waals surface area contributed by atoms with Crippen LogP contribution in [0, 0.1) is 5.92 Å². The van der Waals surface area contributed by atoms with Gasteiger partial charge in [-0.15, -0.1) is 0 Å². The Hall–Kier alpha value is -2.04. The lowest BCUT2D eigenvalue weighted by Crippen LogP contribution is -2.33. The summed E-state index contributed by atoms with van der Waals surface area (Å²) >= 11 is 0. The second-order valence-electron chi connectivity index (χ2n) is 5.71. The molecule has 1 aromatic rings. The Kier molecular flexibility index (Phi) is 5.81. The van der Waals surface area contributed by atoms with Crippen LogP contribution in [0.2, 0.25) is 0 Å². The van der Waals surface area contributed by atoms with Crippen LogP contribution in [0.15, 0.2) is 18.2 Å². The van der Waals surface area contributed by atoms with Crippen LogP contribution in [0.5, 0.6) is 5.75 Å². The molecular weight excluding hydrogens is 282 g/mol. The average molecular weight is 305 g/mol. The van der Waals surface area contributed by atoms with Crippen molar-refractivity contribution < 1.29 is 19.4 Å². The molecule has 0 spiro atoms. The van der Waals surface area contributed by atoms with E-state index in [0.717, 1.165) is 31.2 Å². The van der Waals surface area contributed by atoms with Gasteiger partial charge in [0.05, 0.1) is 12.7 Å². The summed E-state index contributed by atoms with van der Waals surface area (Å²) in [6.45, 7) is 0.540. The summed E-state index contributed by atoms with van der Waals surface area (Å²) in [6.07, 6.45) is 6.12. The lowest BCUT2D eigenvalue weighted by molar-refractivity contribution is -0.125. The van der Waals surface area contributed by atoms with Crippen LogP contribution in [0.4, 0.5) is 0 Å². The number of carboxylic acid groups (broad SMARTS) is 1. The van der Waals surface area contributed by atoms with Gasteiger partial charge in [0.15, 0.2) is 0 Å². The maximum Gasteiger partial charge on any atom is 0.335 e. The first kappa shape index (κ1) is 16.3. The smallest absolute Gasteiger partial charge is 0.335 e. The van der Waals surface area contributed by atoms with E-state index in [1.807, 2.05) is 0 Å². The molecular formula is C17H23NO4. The summed E-state index contributed by atoms with van der Waals surface area (Å²) in [5.74, 6) is -0.131. The summed E-state index contributed by atoms with van der Waals surface area (Å²) in [5, 5.41) is 12.0. The van der Waals surface area contributed by atoms with E-state index in [1.54, 1.807) is 12.1 Å². The minimum Gasteiger partial charge on any atom is -0.496 e. The predicted molar refractivity (Wildman–Crippen MR) is 83.2 cm³/mol. The van der Waals surface area contributed by atoms with Crippen molar-refractivity contribution in [2.75, 3.05) is 13.7 Å². The minimum atomic E-state index is -0.976. The van der Waals surface area contributed by atoms with Crippen molar-refractivity contribution >= 4 is 11.9 Å². The van der Waals surface area contributed by atoms with Gasteiger partial charge in [0.25, 0.3) is 0 Å². The predicted octanol–water partition coefficient (Wildman–Crippen LogP) is 2.63. The van der Waals surface area contributed by atoms with E-state index in [9.17, 15) is 9.59 Å². The number of methoxy groups -OCH3 is 1. The number of amides is 1. The van der Waals surface area contributed by atoms with Crippen molar-refractivity contribution in [2.45, 2.75) is 38.5 Å². The van der Waals surface area contributed by atoms with E-state index < -0.39 is 5.97 Å². The first-order valence-corrected chi connectivity index (χ1v) is 7.79. The molecule has 1 amide bonds. The molecule has 0 aliphatic heterocycles. The van der Waals surface area contributed by atoms with Crippen molar-refractivity contribution in [2.24, 2.45) is 5.92 Å². The summed E-state index contributed by atoms with van der Waals surface area (Å²) in [6, 6.07) is 4.82. The standard InChI is InChI=1S/C17H23NO4/c1-22-15-11-14(17(20)21)8-7-12(15)9-10-18-16(19)13-5-3-2-4-6-13/h7-8,11,13H,2-6,9-10H2,1H3,(H,18,19)(H,20,21). The zero-order valence-corrected chi connectivity index (χ0v) is 12.9. The molecule has 22 heavy (non-hydrogen) atoms. The van der Waals surface area contributed by atoms with Crippen molar-refractivity contribution in [1.82, 2.24) is 5.32 Å². The molecule has 0 heterocycles. The van der Waals surface area contributed by atoms with Crippen molar-refractivity contribution in [3.8, 4) is 5.75 Å². The van der Waals surface area contributed by atoms with E-state index in [4.69, 9.17) is 9.84 Å². The van der Waals surface area contributed by atoms with Gasteiger partial charge in [-0.2, -0.15) is 0 Å². The molecule has 0 atom stereocenters. The first-order chi connectivity index (χ1) is 10.6. The summed E-state index contributed by atoms with van der Waals surface area (Å²) < 4.78 is 5.23. The molecule has 5 nitrogen and oxygen atoms in total. The highest BCUT2D eigenvalue weighted by molar-refractivity contribution is 5.88. The number of carbonyl (C=O) groups excluding carboxylic acids is 1. The lowest BCUT2D eigenvalue weighted by atomic mass is 9.88. The van der Waals surface area contributed by atoms with Gasteiger partial charge < -0.3 is 15.2 Å². The monoisotopic (exact) mass is 305 g/mol. The Morgan fingerprint density at radius 1 is 1.27 bits per heavy atom. The Bertz CT molecular complexity index is 535. The molecule has 0 unspecified atom stereocenters. The Labute approximate surface area is 130 Å². The number of carboxylic acids is 1. The summed E-state index contributed by atoms with van der Waals surface area (Å²) in [7, 11) is 1.52. The average Bonchev–Trinajstić information content (AvgIpc) is 2.55. The second-order valence-corrected chi connectivity index (χ2v) is 5.71. The molecule has 5 heteroatoms. The van der Waals surface area contributed by atoms with E-state index in [-0.39, 0.29) is 17.4 Å².